The number of rotatable bonds is 2. The van der Waals surface area contributed by atoms with Gasteiger partial charge < -0.3 is 0 Å². The van der Waals surface area contributed by atoms with Crippen molar-refractivity contribution in [3.05, 3.63) is 0 Å². The van der Waals surface area contributed by atoms with Gasteiger partial charge in [0.2, 0.25) is 0 Å². The van der Waals surface area contributed by atoms with E-state index >= 15 is 0 Å². The van der Waals surface area contributed by atoms with Gasteiger partial charge in [0.15, 0.2) is 0 Å². The number of halogens is 2. The number of nitrogens with zero attached hydrogens (tertiary/aromatic N) is 1. The third kappa shape index (κ3) is 2.12. The lowest BCUT2D eigenvalue weighted by Crippen LogP contribution is -1.98. The molecule has 0 radical (unpaired) electrons. The summed E-state index contributed by atoms with van der Waals surface area (Å²) in [7, 11) is 0. The molecule has 0 amide bonds. The van der Waals surface area contributed by atoms with Crippen molar-refractivity contribution in [2.24, 2.45) is 4.99 Å². The molecule has 0 spiro atoms. The van der Waals surface area contributed by atoms with Gasteiger partial charge in [-0.1, -0.05) is 0 Å². The average molecular weight is 119 g/mol. The smallest absolute Gasteiger partial charge is 0.269 e. The Kier molecular flexibility index (Phi) is 2.53. The summed E-state index contributed by atoms with van der Waals surface area (Å²) in [4.78, 5) is 2.52. The maximum atomic E-state index is 11.5. The highest BCUT2D eigenvalue weighted by Gasteiger charge is 2.00. The molecule has 0 aliphatic carbocycles. The summed E-state index contributed by atoms with van der Waals surface area (Å²) in [5.41, 5.74) is 0. The second-order valence-electron chi connectivity index (χ2n) is 0.863. The molecule has 2 N–H and O–H groups in total. The van der Waals surface area contributed by atoms with Crippen LogP contribution in [0.15, 0.2) is 4.99 Å². The monoisotopic (exact) mass is 119 g/mol. The number of aliphatic imine (C=N–C) groups is 1. The van der Waals surface area contributed by atoms with E-state index in [9.17, 15) is 8.78 Å². The van der Waals surface area contributed by atoms with E-state index in [-0.39, 0.29) is 0 Å². The van der Waals surface area contributed by atoms with Crippen LogP contribution in [0.3, 0.4) is 0 Å². The number of hydrogen-bond donors (Lipinski definition) is 2. The molecule has 0 unspecified atom stereocenters. The lowest BCUT2D eigenvalue weighted by Gasteiger charge is -1.79. The van der Waals surface area contributed by atoms with Crippen LogP contribution in [-0.4, -0.2) is 18.3 Å². The lowest BCUT2D eigenvalue weighted by atomic mass is 10.7. The quantitative estimate of drug-likeness (QED) is 0.401. The highest BCUT2D eigenvalue weighted by atomic mass is 19.2. The SMILES string of the molecule is N=CN=C(F)C(=N)F. The van der Waals surface area contributed by atoms with Gasteiger partial charge in [-0.05, 0) is 0 Å². The fourth-order valence-electron chi connectivity index (χ4n) is 0.113. The summed E-state index contributed by atoms with van der Waals surface area (Å²) in [6.07, 6.45) is 0.323. The molecule has 0 heterocycles. The molecule has 44 valence electrons. The number of nitrogens with one attached hydrogen (secondary N) is 2. The van der Waals surface area contributed by atoms with E-state index in [1.807, 2.05) is 0 Å². The summed E-state index contributed by atoms with van der Waals surface area (Å²) in [6, 6.07) is 0. The van der Waals surface area contributed by atoms with Crippen LogP contribution in [0.4, 0.5) is 8.78 Å². The van der Waals surface area contributed by atoms with Crippen molar-refractivity contribution in [1.29, 1.82) is 10.8 Å². The van der Waals surface area contributed by atoms with Gasteiger partial charge >= 0.3 is 0 Å². The molecule has 0 aliphatic heterocycles. The topological polar surface area (TPSA) is 60.1 Å². The Hall–Kier alpha value is -1.13. The van der Waals surface area contributed by atoms with Gasteiger partial charge in [-0.25, -0.2) is 4.99 Å². The van der Waals surface area contributed by atoms with Gasteiger partial charge in [0, 0.05) is 0 Å². The van der Waals surface area contributed by atoms with E-state index in [0.717, 1.165) is 0 Å². The van der Waals surface area contributed by atoms with Crippen LogP contribution in [0.2, 0.25) is 0 Å². The Bertz CT molecular complexity index is 139. The van der Waals surface area contributed by atoms with E-state index in [1.165, 1.54) is 0 Å². The maximum absolute atomic E-state index is 11.5. The van der Waals surface area contributed by atoms with Crippen LogP contribution in [0.25, 0.3) is 0 Å². The zero-order chi connectivity index (χ0) is 6.57. The second-order valence-corrected chi connectivity index (χ2v) is 0.863. The van der Waals surface area contributed by atoms with E-state index < -0.39 is 11.9 Å². The normalized spacial score (nSPS) is 11.0. The molecular formula is C3H3F2N3. The van der Waals surface area contributed by atoms with Gasteiger partial charge in [0.1, 0.15) is 6.34 Å². The standard InChI is InChI=1S/C3H3F2N3/c4-2(7)3(5)8-1-6/h1,6-7H. The molecule has 0 rings (SSSR count). The molecule has 3 nitrogen and oxygen atoms in total. The average Bonchev–Trinajstić information content (AvgIpc) is 1.67. The first-order valence-corrected chi connectivity index (χ1v) is 1.65. The zero-order valence-corrected chi connectivity index (χ0v) is 3.78. The van der Waals surface area contributed by atoms with E-state index in [2.05, 4.69) is 4.99 Å². The summed E-state index contributed by atoms with van der Waals surface area (Å²) in [5.74, 6) is -3.33. The van der Waals surface area contributed by atoms with Crippen molar-refractivity contribution in [2.45, 2.75) is 0 Å². The largest absolute Gasteiger partial charge is 0.289 e. The minimum Gasteiger partial charge on any atom is -0.289 e. The molecule has 0 saturated carbocycles. The van der Waals surface area contributed by atoms with Gasteiger partial charge in [0.25, 0.3) is 11.9 Å². The first kappa shape index (κ1) is 6.87. The van der Waals surface area contributed by atoms with Crippen molar-refractivity contribution < 1.29 is 8.78 Å². The molecule has 0 atom stereocenters. The van der Waals surface area contributed by atoms with Crippen LogP contribution >= 0.6 is 0 Å². The molecule has 0 saturated heterocycles. The second kappa shape index (κ2) is 2.95. The first-order valence-electron chi connectivity index (χ1n) is 1.65. The Morgan fingerprint density at radius 1 is 1.50 bits per heavy atom. The number of hydrogen-bond acceptors (Lipinski definition) is 2. The molecule has 8 heavy (non-hydrogen) atoms. The fraction of sp³-hybridized carbons (Fsp3) is 0. The van der Waals surface area contributed by atoms with Crippen molar-refractivity contribution in [3.63, 3.8) is 0 Å². The highest BCUT2D eigenvalue weighted by molar-refractivity contribution is 6.34. The lowest BCUT2D eigenvalue weighted by molar-refractivity contribution is 0.754. The zero-order valence-electron chi connectivity index (χ0n) is 3.78. The molecule has 0 aromatic carbocycles. The minimum atomic E-state index is -1.76. The fourth-order valence-corrected chi connectivity index (χ4v) is 0.113. The van der Waals surface area contributed by atoms with Crippen LogP contribution in [0, 0.1) is 10.8 Å². The van der Waals surface area contributed by atoms with Crippen molar-refractivity contribution in [2.75, 3.05) is 0 Å². The van der Waals surface area contributed by atoms with Crippen molar-refractivity contribution in [3.8, 4) is 0 Å². The molecule has 0 aliphatic rings. The highest BCUT2D eigenvalue weighted by Crippen LogP contribution is 1.82. The van der Waals surface area contributed by atoms with E-state index in [0.29, 0.717) is 6.34 Å². The van der Waals surface area contributed by atoms with Gasteiger partial charge in [-0.15, -0.1) is 0 Å². The summed E-state index contributed by atoms with van der Waals surface area (Å²) in [5, 5.41) is 12.0. The Balaban J connectivity index is 3.99. The molecule has 0 aromatic heterocycles. The van der Waals surface area contributed by atoms with Crippen molar-refractivity contribution >= 4 is 18.3 Å². The minimum absolute atomic E-state index is 0.323. The molecule has 0 bridgehead atoms. The maximum Gasteiger partial charge on any atom is 0.269 e. The van der Waals surface area contributed by atoms with Gasteiger partial charge in [-0.2, -0.15) is 8.78 Å². The Morgan fingerprint density at radius 3 is 2.12 bits per heavy atom. The van der Waals surface area contributed by atoms with E-state index in [4.69, 9.17) is 10.8 Å². The van der Waals surface area contributed by atoms with Gasteiger partial charge in [-0.3, -0.25) is 10.8 Å². The molecule has 5 heteroatoms. The summed E-state index contributed by atoms with van der Waals surface area (Å²) < 4.78 is 22.8. The molecule has 0 fully saturated rings. The Labute approximate surface area is 44.1 Å². The van der Waals surface area contributed by atoms with Crippen LogP contribution in [0.5, 0.6) is 0 Å². The van der Waals surface area contributed by atoms with E-state index in [1.54, 1.807) is 0 Å². The third-order valence-electron chi connectivity index (χ3n) is 0.359. The van der Waals surface area contributed by atoms with Gasteiger partial charge in [0.05, 0.1) is 0 Å². The summed E-state index contributed by atoms with van der Waals surface area (Å²) >= 11 is 0. The predicted molar refractivity (Wildman–Crippen MR) is 26.2 cm³/mol. The Morgan fingerprint density at radius 2 is 2.00 bits per heavy atom. The van der Waals surface area contributed by atoms with Crippen LogP contribution in [0.1, 0.15) is 0 Å². The first-order chi connectivity index (χ1) is 3.68. The van der Waals surface area contributed by atoms with Crippen LogP contribution < -0.4 is 0 Å². The summed E-state index contributed by atoms with van der Waals surface area (Å²) in [6.45, 7) is 0. The van der Waals surface area contributed by atoms with Crippen LogP contribution in [-0.2, 0) is 0 Å². The third-order valence-corrected chi connectivity index (χ3v) is 0.359. The molecule has 0 aromatic rings. The van der Waals surface area contributed by atoms with Crippen molar-refractivity contribution in [1.82, 2.24) is 0 Å². The molecular weight excluding hydrogens is 116 g/mol. The predicted octanol–water partition coefficient (Wildman–Crippen LogP) is 0.908.